The van der Waals surface area contributed by atoms with Crippen molar-refractivity contribution < 1.29 is 0 Å². The molecule has 1 heterocycles. The molecule has 1 aromatic rings. The summed E-state index contributed by atoms with van der Waals surface area (Å²) in [6.07, 6.45) is 10.3. The third-order valence-corrected chi connectivity index (χ3v) is 4.96. The van der Waals surface area contributed by atoms with Gasteiger partial charge in [-0.3, -0.25) is 0 Å². The van der Waals surface area contributed by atoms with Crippen LogP contribution in [0.3, 0.4) is 0 Å². The molecule has 2 aliphatic rings. The Morgan fingerprint density at radius 3 is 2.65 bits per heavy atom. The second-order valence-corrected chi connectivity index (χ2v) is 6.21. The van der Waals surface area contributed by atoms with E-state index in [9.17, 15) is 0 Å². The molecule has 0 aromatic carbocycles. The molecular formula is C17H27N3. The van der Waals surface area contributed by atoms with E-state index in [1.807, 2.05) is 0 Å². The van der Waals surface area contributed by atoms with E-state index in [0.717, 1.165) is 13.0 Å². The van der Waals surface area contributed by atoms with Gasteiger partial charge in [0.2, 0.25) is 0 Å². The lowest BCUT2D eigenvalue weighted by atomic mass is 9.94. The maximum absolute atomic E-state index is 6.01. The number of aromatic nitrogens is 1. The molecule has 2 aliphatic carbocycles. The molecule has 3 heteroatoms. The number of pyridine rings is 1. The minimum atomic E-state index is 0.610. The van der Waals surface area contributed by atoms with Gasteiger partial charge in [0.05, 0.1) is 0 Å². The normalized spacial score (nSPS) is 19.1. The molecule has 2 N–H and O–H groups in total. The Morgan fingerprint density at radius 1 is 1.20 bits per heavy atom. The van der Waals surface area contributed by atoms with Crippen LogP contribution in [-0.2, 0) is 19.4 Å². The van der Waals surface area contributed by atoms with Gasteiger partial charge in [-0.05, 0) is 57.1 Å². The Balaban J connectivity index is 1.97. The SMILES string of the molecule is CCN(c1nc2c(cc1CN)CCCC2)C1CCCC1. The van der Waals surface area contributed by atoms with Gasteiger partial charge in [-0.25, -0.2) is 4.98 Å². The number of fused-ring (bicyclic) bond motifs is 1. The molecule has 110 valence electrons. The van der Waals surface area contributed by atoms with Crippen LogP contribution in [0.15, 0.2) is 6.07 Å². The van der Waals surface area contributed by atoms with Crippen LogP contribution in [0.1, 0.15) is 62.3 Å². The smallest absolute Gasteiger partial charge is 0.133 e. The van der Waals surface area contributed by atoms with E-state index in [0.29, 0.717) is 12.6 Å². The molecule has 1 aromatic heterocycles. The standard InChI is InChI=1S/C17H27N3/c1-2-20(15-8-4-5-9-15)17-14(12-18)11-13-7-3-6-10-16(13)19-17/h11,15H,2-10,12,18H2,1H3. The van der Waals surface area contributed by atoms with E-state index >= 15 is 0 Å². The maximum Gasteiger partial charge on any atom is 0.133 e. The highest BCUT2D eigenvalue weighted by atomic mass is 15.2. The van der Waals surface area contributed by atoms with Gasteiger partial charge in [-0.15, -0.1) is 0 Å². The van der Waals surface area contributed by atoms with E-state index in [1.165, 1.54) is 67.6 Å². The van der Waals surface area contributed by atoms with Crippen LogP contribution in [0.4, 0.5) is 5.82 Å². The van der Waals surface area contributed by atoms with Crippen molar-refractivity contribution in [2.24, 2.45) is 5.73 Å². The topological polar surface area (TPSA) is 42.2 Å². The molecule has 0 aliphatic heterocycles. The number of rotatable bonds is 4. The van der Waals surface area contributed by atoms with Crippen molar-refractivity contribution in [1.29, 1.82) is 0 Å². The lowest BCUT2D eigenvalue weighted by molar-refractivity contribution is 0.602. The van der Waals surface area contributed by atoms with Gasteiger partial charge in [0.25, 0.3) is 0 Å². The zero-order valence-electron chi connectivity index (χ0n) is 12.7. The van der Waals surface area contributed by atoms with E-state index in [-0.39, 0.29) is 0 Å². The predicted octanol–water partition coefficient (Wildman–Crippen LogP) is 3.19. The fourth-order valence-corrected chi connectivity index (χ4v) is 3.87. The van der Waals surface area contributed by atoms with Gasteiger partial charge in [0, 0.05) is 30.4 Å². The molecule has 20 heavy (non-hydrogen) atoms. The Hall–Kier alpha value is -1.09. The van der Waals surface area contributed by atoms with Gasteiger partial charge < -0.3 is 10.6 Å². The predicted molar refractivity (Wildman–Crippen MR) is 84.0 cm³/mol. The van der Waals surface area contributed by atoms with Gasteiger partial charge in [0.15, 0.2) is 0 Å². The molecule has 3 rings (SSSR count). The van der Waals surface area contributed by atoms with Crippen LogP contribution in [0.2, 0.25) is 0 Å². The monoisotopic (exact) mass is 273 g/mol. The summed E-state index contributed by atoms with van der Waals surface area (Å²) in [6, 6.07) is 3.02. The van der Waals surface area contributed by atoms with Crippen LogP contribution >= 0.6 is 0 Å². The van der Waals surface area contributed by atoms with Crippen LogP contribution < -0.4 is 10.6 Å². The summed E-state index contributed by atoms with van der Waals surface area (Å²) in [5.41, 5.74) is 10.0. The van der Waals surface area contributed by atoms with E-state index in [4.69, 9.17) is 10.7 Å². The zero-order valence-corrected chi connectivity index (χ0v) is 12.7. The van der Waals surface area contributed by atoms with Gasteiger partial charge >= 0.3 is 0 Å². The zero-order chi connectivity index (χ0) is 13.9. The van der Waals surface area contributed by atoms with E-state index < -0.39 is 0 Å². The summed E-state index contributed by atoms with van der Waals surface area (Å²) in [5.74, 6) is 1.18. The minimum absolute atomic E-state index is 0.610. The molecule has 0 spiro atoms. The molecule has 1 fully saturated rings. The van der Waals surface area contributed by atoms with Gasteiger partial charge in [-0.2, -0.15) is 0 Å². The second kappa shape index (κ2) is 6.13. The molecule has 0 atom stereocenters. The highest BCUT2D eigenvalue weighted by molar-refractivity contribution is 5.51. The van der Waals surface area contributed by atoms with Gasteiger partial charge in [-0.1, -0.05) is 12.8 Å². The molecule has 1 saturated carbocycles. The van der Waals surface area contributed by atoms with E-state index in [2.05, 4.69) is 17.9 Å². The molecule has 0 radical (unpaired) electrons. The number of nitrogens with zero attached hydrogens (tertiary/aromatic N) is 2. The molecule has 0 saturated heterocycles. The van der Waals surface area contributed by atoms with Crippen molar-refractivity contribution in [3.63, 3.8) is 0 Å². The van der Waals surface area contributed by atoms with Crippen molar-refractivity contribution in [2.45, 2.75) is 70.9 Å². The first-order valence-corrected chi connectivity index (χ1v) is 8.32. The van der Waals surface area contributed by atoms with E-state index in [1.54, 1.807) is 0 Å². The quantitative estimate of drug-likeness (QED) is 0.916. The second-order valence-electron chi connectivity index (χ2n) is 6.21. The third-order valence-electron chi connectivity index (χ3n) is 4.96. The average Bonchev–Trinajstić information content (AvgIpc) is 3.01. The summed E-state index contributed by atoms with van der Waals surface area (Å²) < 4.78 is 0. The third kappa shape index (κ3) is 2.56. The Bertz CT molecular complexity index is 464. The summed E-state index contributed by atoms with van der Waals surface area (Å²) in [6.45, 7) is 3.90. The summed E-state index contributed by atoms with van der Waals surface area (Å²) in [7, 11) is 0. The highest BCUT2D eigenvalue weighted by Gasteiger charge is 2.25. The Kier molecular flexibility index (Phi) is 4.25. The summed E-state index contributed by atoms with van der Waals surface area (Å²) >= 11 is 0. The van der Waals surface area contributed by atoms with Gasteiger partial charge in [0.1, 0.15) is 5.82 Å². The first-order chi connectivity index (χ1) is 9.83. The first-order valence-electron chi connectivity index (χ1n) is 8.32. The van der Waals surface area contributed by atoms with Crippen molar-refractivity contribution >= 4 is 5.82 Å². The minimum Gasteiger partial charge on any atom is -0.354 e. The molecule has 0 bridgehead atoms. The maximum atomic E-state index is 6.01. The van der Waals surface area contributed by atoms with Crippen LogP contribution in [0, 0.1) is 0 Å². The van der Waals surface area contributed by atoms with Crippen molar-refractivity contribution in [3.05, 3.63) is 22.9 Å². The molecule has 3 nitrogen and oxygen atoms in total. The first kappa shape index (κ1) is 13.9. The number of anilines is 1. The summed E-state index contributed by atoms with van der Waals surface area (Å²) in [5, 5.41) is 0. The molecule has 0 unspecified atom stereocenters. The fourth-order valence-electron chi connectivity index (χ4n) is 3.87. The van der Waals surface area contributed by atoms with Crippen molar-refractivity contribution in [3.8, 4) is 0 Å². The van der Waals surface area contributed by atoms with Crippen molar-refractivity contribution in [2.75, 3.05) is 11.4 Å². The fraction of sp³-hybridized carbons (Fsp3) is 0.706. The van der Waals surface area contributed by atoms with Crippen LogP contribution in [-0.4, -0.2) is 17.6 Å². The van der Waals surface area contributed by atoms with Crippen LogP contribution in [0.5, 0.6) is 0 Å². The summed E-state index contributed by atoms with van der Waals surface area (Å²) in [4.78, 5) is 7.56. The number of nitrogens with two attached hydrogens (primary N) is 1. The number of hydrogen-bond donors (Lipinski definition) is 1. The Labute approximate surface area is 122 Å². The molecular weight excluding hydrogens is 246 g/mol. The largest absolute Gasteiger partial charge is 0.354 e. The number of aryl methyl sites for hydroxylation is 2. The number of hydrogen-bond acceptors (Lipinski definition) is 3. The Morgan fingerprint density at radius 2 is 1.95 bits per heavy atom. The lowest BCUT2D eigenvalue weighted by Gasteiger charge is -2.32. The molecule has 0 amide bonds. The average molecular weight is 273 g/mol. The van der Waals surface area contributed by atoms with Crippen LogP contribution in [0.25, 0.3) is 0 Å². The highest BCUT2D eigenvalue weighted by Crippen LogP contribution is 2.31. The van der Waals surface area contributed by atoms with Crippen molar-refractivity contribution in [1.82, 2.24) is 4.98 Å². The lowest BCUT2D eigenvalue weighted by Crippen LogP contribution is -2.35.